The fraction of sp³-hybridized carbons (Fsp3) is 0.333. The van der Waals surface area contributed by atoms with Gasteiger partial charge in [0, 0.05) is 6.54 Å². The molecule has 0 saturated carbocycles. The summed E-state index contributed by atoms with van der Waals surface area (Å²) >= 11 is 0. The van der Waals surface area contributed by atoms with Gasteiger partial charge in [-0.05, 0) is 54.4 Å². The van der Waals surface area contributed by atoms with E-state index in [0.29, 0.717) is 6.54 Å². The number of furan rings is 1. The van der Waals surface area contributed by atoms with E-state index in [1.165, 1.54) is 0 Å². The fourth-order valence-electron chi connectivity index (χ4n) is 4.08. The molecule has 1 fully saturated rings. The summed E-state index contributed by atoms with van der Waals surface area (Å²) in [5.74, 6) is 0.498. The van der Waals surface area contributed by atoms with Crippen LogP contribution in [0, 0.1) is 0 Å². The number of rotatable bonds is 8. The molecule has 4 rings (SSSR count). The fourth-order valence-corrected chi connectivity index (χ4v) is 4.08. The maximum absolute atomic E-state index is 12.4. The van der Waals surface area contributed by atoms with Gasteiger partial charge in [-0.1, -0.05) is 42.5 Å². The van der Waals surface area contributed by atoms with Gasteiger partial charge in [0.2, 0.25) is 11.8 Å². The molecule has 3 aromatic rings. The summed E-state index contributed by atoms with van der Waals surface area (Å²) in [6.45, 7) is 2.44. The third-order valence-electron chi connectivity index (χ3n) is 5.62. The normalized spacial score (nSPS) is 15.2. The number of carbonyl (C=O) groups is 2. The number of amides is 2. The van der Waals surface area contributed by atoms with E-state index in [2.05, 4.69) is 15.5 Å². The second-order valence-electron chi connectivity index (χ2n) is 7.67. The van der Waals surface area contributed by atoms with Gasteiger partial charge in [-0.2, -0.15) is 0 Å². The second kappa shape index (κ2) is 9.59. The van der Waals surface area contributed by atoms with Crippen LogP contribution in [0.5, 0.6) is 0 Å². The molecule has 1 atom stereocenters. The quantitative estimate of drug-likeness (QED) is 0.604. The summed E-state index contributed by atoms with van der Waals surface area (Å²) in [7, 11) is 0. The van der Waals surface area contributed by atoms with Crippen molar-refractivity contribution in [3.8, 4) is 0 Å². The minimum atomic E-state index is -0.197. The summed E-state index contributed by atoms with van der Waals surface area (Å²) in [4.78, 5) is 27.0. The first-order valence-corrected chi connectivity index (χ1v) is 10.5. The third kappa shape index (κ3) is 4.89. The summed E-state index contributed by atoms with van der Waals surface area (Å²) in [5.41, 5.74) is 0.956. The number of nitrogens with one attached hydrogen (secondary N) is 2. The van der Waals surface area contributed by atoms with E-state index in [1.54, 1.807) is 6.26 Å². The average molecular weight is 405 g/mol. The first-order valence-electron chi connectivity index (χ1n) is 10.5. The van der Waals surface area contributed by atoms with Gasteiger partial charge in [0.1, 0.15) is 5.76 Å². The van der Waals surface area contributed by atoms with Crippen molar-refractivity contribution in [2.24, 2.45) is 0 Å². The lowest BCUT2D eigenvalue weighted by atomic mass is 10.0. The molecule has 0 aliphatic carbocycles. The zero-order valence-electron chi connectivity index (χ0n) is 17.0. The molecule has 1 aliphatic heterocycles. The minimum Gasteiger partial charge on any atom is -0.468 e. The molecular formula is C24H27N3O3. The van der Waals surface area contributed by atoms with Gasteiger partial charge in [-0.3, -0.25) is 14.5 Å². The van der Waals surface area contributed by atoms with Crippen LogP contribution in [-0.4, -0.2) is 42.9 Å². The smallest absolute Gasteiger partial charge is 0.239 e. The van der Waals surface area contributed by atoms with E-state index < -0.39 is 0 Å². The van der Waals surface area contributed by atoms with Crippen LogP contribution in [0.3, 0.4) is 0 Å². The average Bonchev–Trinajstić information content (AvgIpc) is 3.48. The predicted octanol–water partition coefficient (Wildman–Crippen LogP) is 3.04. The van der Waals surface area contributed by atoms with Crippen LogP contribution in [0.1, 0.15) is 30.2 Å². The lowest BCUT2D eigenvalue weighted by Crippen LogP contribution is -2.41. The number of nitrogens with zero attached hydrogens (tertiary/aromatic N) is 1. The van der Waals surface area contributed by atoms with E-state index in [-0.39, 0.29) is 30.8 Å². The van der Waals surface area contributed by atoms with Crippen LogP contribution < -0.4 is 10.6 Å². The molecule has 1 saturated heterocycles. The molecule has 1 aromatic heterocycles. The topological polar surface area (TPSA) is 74.6 Å². The SMILES string of the molecule is O=C(CNC(=O)Cc1cccc2ccccc12)NC[C@@H](c1ccco1)N1CCCC1. The van der Waals surface area contributed by atoms with Gasteiger partial charge >= 0.3 is 0 Å². The first-order chi connectivity index (χ1) is 14.7. The molecule has 0 bridgehead atoms. The highest BCUT2D eigenvalue weighted by atomic mass is 16.3. The van der Waals surface area contributed by atoms with E-state index >= 15 is 0 Å². The van der Waals surface area contributed by atoms with Crippen LogP contribution in [0.15, 0.2) is 65.3 Å². The van der Waals surface area contributed by atoms with Gasteiger partial charge in [0.25, 0.3) is 0 Å². The van der Waals surface area contributed by atoms with Gasteiger partial charge < -0.3 is 15.1 Å². The van der Waals surface area contributed by atoms with Crippen molar-refractivity contribution in [3.63, 3.8) is 0 Å². The van der Waals surface area contributed by atoms with Crippen molar-refractivity contribution < 1.29 is 14.0 Å². The Morgan fingerprint density at radius 1 is 0.933 bits per heavy atom. The zero-order chi connectivity index (χ0) is 20.8. The largest absolute Gasteiger partial charge is 0.468 e. The molecule has 2 N–H and O–H groups in total. The van der Waals surface area contributed by atoms with Crippen molar-refractivity contribution in [1.82, 2.24) is 15.5 Å². The van der Waals surface area contributed by atoms with Gasteiger partial charge in [-0.25, -0.2) is 0 Å². The van der Waals surface area contributed by atoms with E-state index in [1.807, 2.05) is 54.6 Å². The molecule has 156 valence electrons. The number of benzene rings is 2. The molecule has 0 radical (unpaired) electrons. The Balaban J connectivity index is 1.28. The summed E-state index contributed by atoms with van der Waals surface area (Å²) in [6.07, 6.45) is 4.23. The van der Waals surface area contributed by atoms with Crippen molar-refractivity contribution in [2.45, 2.75) is 25.3 Å². The van der Waals surface area contributed by atoms with E-state index in [4.69, 9.17) is 4.42 Å². The lowest BCUT2D eigenvalue weighted by Gasteiger charge is -2.26. The molecule has 1 aliphatic rings. The van der Waals surface area contributed by atoms with Gasteiger partial charge in [0.15, 0.2) is 0 Å². The molecule has 2 aromatic carbocycles. The molecule has 0 spiro atoms. The Morgan fingerprint density at radius 2 is 1.73 bits per heavy atom. The zero-order valence-corrected chi connectivity index (χ0v) is 17.0. The Labute approximate surface area is 176 Å². The summed E-state index contributed by atoms with van der Waals surface area (Å²) < 4.78 is 5.58. The van der Waals surface area contributed by atoms with Gasteiger partial charge in [-0.15, -0.1) is 0 Å². The second-order valence-corrected chi connectivity index (χ2v) is 7.67. The van der Waals surface area contributed by atoms with E-state index in [0.717, 1.165) is 48.0 Å². The number of likely N-dealkylation sites (tertiary alicyclic amines) is 1. The van der Waals surface area contributed by atoms with Crippen LogP contribution in [0.2, 0.25) is 0 Å². The van der Waals surface area contributed by atoms with Crippen LogP contribution in [-0.2, 0) is 16.0 Å². The number of hydrogen-bond donors (Lipinski definition) is 2. The Bertz CT molecular complexity index is 989. The first kappa shape index (κ1) is 20.2. The highest BCUT2D eigenvalue weighted by Crippen LogP contribution is 2.24. The van der Waals surface area contributed by atoms with Crippen molar-refractivity contribution >= 4 is 22.6 Å². The summed E-state index contributed by atoms with van der Waals surface area (Å²) in [5, 5.41) is 7.84. The summed E-state index contributed by atoms with van der Waals surface area (Å²) in [6, 6.07) is 17.8. The van der Waals surface area contributed by atoms with Crippen LogP contribution >= 0.6 is 0 Å². The van der Waals surface area contributed by atoms with Crippen LogP contribution in [0.25, 0.3) is 10.8 Å². The Hall–Kier alpha value is -3.12. The predicted molar refractivity (Wildman–Crippen MR) is 116 cm³/mol. The minimum absolute atomic E-state index is 0.0258. The van der Waals surface area contributed by atoms with Crippen molar-refractivity contribution in [2.75, 3.05) is 26.2 Å². The number of carbonyl (C=O) groups excluding carboxylic acids is 2. The maximum atomic E-state index is 12.4. The Morgan fingerprint density at radius 3 is 2.53 bits per heavy atom. The monoisotopic (exact) mass is 405 g/mol. The third-order valence-corrected chi connectivity index (χ3v) is 5.62. The Kier molecular flexibility index (Phi) is 6.44. The standard InChI is InChI=1S/C24H27N3O3/c28-23(15-19-9-5-8-18-7-1-2-10-20(18)19)26-17-24(29)25-16-21(22-11-6-14-30-22)27-12-3-4-13-27/h1-2,5-11,14,21H,3-4,12-13,15-17H2,(H,25,29)(H,26,28)/t21-/m0/s1. The molecular weight excluding hydrogens is 378 g/mol. The number of fused-ring (bicyclic) bond motifs is 1. The molecule has 0 unspecified atom stereocenters. The maximum Gasteiger partial charge on any atom is 0.239 e. The molecule has 30 heavy (non-hydrogen) atoms. The number of hydrogen-bond acceptors (Lipinski definition) is 4. The lowest BCUT2D eigenvalue weighted by molar-refractivity contribution is -0.125. The van der Waals surface area contributed by atoms with Crippen LogP contribution in [0.4, 0.5) is 0 Å². The molecule has 6 heteroatoms. The molecule has 2 heterocycles. The molecule has 6 nitrogen and oxygen atoms in total. The van der Waals surface area contributed by atoms with Gasteiger partial charge in [0.05, 0.1) is 25.3 Å². The van der Waals surface area contributed by atoms with E-state index in [9.17, 15) is 9.59 Å². The van der Waals surface area contributed by atoms with Crippen molar-refractivity contribution in [3.05, 3.63) is 72.2 Å². The van der Waals surface area contributed by atoms with Crippen molar-refractivity contribution in [1.29, 1.82) is 0 Å². The molecule has 2 amide bonds. The highest BCUT2D eigenvalue weighted by molar-refractivity contribution is 5.91. The highest BCUT2D eigenvalue weighted by Gasteiger charge is 2.25.